The third-order valence-electron chi connectivity index (χ3n) is 5.63. The summed E-state index contributed by atoms with van der Waals surface area (Å²) in [6.45, 7) is 0.361. The third kappa shape index (κ3) is 3.20. The Hall–Kier alpha value is -2.73. The van der Waals surface area contributed by atoms with Gasteiger partial charge in [-0.25, -0.2) is 4.79 Å². The van der Waals surface area contributed by atoms with Crippen LogP contribution in [0.1, 0.15) is 42.7 Å². The molecule has 0 atom stereocenters. The molecule has 1 saturated carbocycles. The molecule has 132 valence electrons. The van der Waals surface area contributed by atoms with Crippen molar-refractivity contribution in [2.45, 2.75) is 37.6 Å². The number of hydrogen-bond acceptors (Lipinski definition) is 2. The number of nitrogens with one attached hydrogen (secondary N) is 1. The van der Waals surface area contributed by atoms with Gasteiger partial charge in [0.05, 0.1) is 0 Å². The van der Waals surface area contributed by atoms with Gasteiger partial charge in [0.1, 0.15) is 6.61 Å². The molecule has 1 amide bonds. The lowest BCUT2D eigenvalue weighted by Crippen LogP contribution is -2.38. The van der Waals surface area contributed by atoms with Gasteiger partial charge in [0, 0.05) is 17.9 Å². The van der Waals surface area contributed by atoms with Gasteiger partial charge in [-0.2, -0.15) is 0 Å². The lowest BCUT2D eigenvalue weighted by Gasteiger charge is -2.26. The van der Waals surface area contributed by atoms with Crippen molar-refractivity contribution in [2.75, 3.05) is 6.61 Å². The molecular formula is C23H23NO2. The Labute approximate surface area is 154 Å². The van der Waals surface area contributed by atoms with Crippen LogP contribution >= 0.6 is 0 Å². The van der Waals surface area contributed by atoms with Gasteiger partial charge in [0.15, 0.2) is 0 Å². The molecule has 0 unspecified atom stereocenters. The molecule has 0 saturated heterocycles. The zero-order valence-electron chi connectivity index (χ0n) is 14.8. The molecule has 1 fully saturated rings. The van der Waals surface area contributed by atoms with E-state index in [4.69, 9.17) is 11.2 Å². The summed E-state index contributed by atoms with van der Waals surface area (Å²) in [4.78, 5) is 12.3. The van der Waals surface area contributed by atoms with E-state index in [1.807, 2.05) is 12.1 Å². The van der Waals surface area contributed by atoms with Crippen molar-refractivity contribution in [1.82, 2.24) is 5.32 Å². The van der Waals surface area contributed by atoms with Crippen molar-refractivity contribution in [1.29, 1.82) is 0 Å². The van der Waals surface area contributed by atoms with Crippen molar-refractivity contribution in [2.24, 2.45) is 5.92 Å². The number of ether oxygens (including phenoxy) is 1. The van der Waals surface area contributed by atoms with Gasteiger partial charge in [0.25, 0.3) is 0 Å². The van der Waals surface area contributed by atoms with Gasteiger partial charge < -0.3 is 10.1 Å². The van der Waals surface area contributed by atoms with Gasteiger partial charge in [-0.3, -0.25) is 0 Å². The maximum absolute atomic E-state index is 12.3. The minimum atomic E-state index is -0.323. The van der Waals surface area contributed by atoms with Crippen LogP contribution in [0.4, 0.5) is 4.79 Å². The fourth-order valence-electron chi connectivity index (χ4n) is 4.21. The Bertz CT molecular complexity index is 798. The Balaban J connectivity index is 1.39. The second kappa shape index (κ2) is 7.25. The van der Waals surface area contributed by atoms with Crippen molar-refractivity contribution >= 4 is 6.09 Å². The lowest BCUT2D eigenvalue weighted by atomic mass is 9.87. The first-order valence-corrected chi connectivity index (χ1v) is 9.34. The van der Waals surface area contributed by atoms with Crippen LogP contribution in [0.2, 0.25) is 0 Å². The molecule has 4 rings (SSSR count). The average Bonchev–Trinajstić information content (AvgIpc) is 3.01. The lowest BCUT2D eigenvalue weighted by molar-refractivity contribution is 0.135. The monoisotopic (exact) mass is 345 g/mol. The molecule has 26 heavy (non-hydrogen) atoms. The van der Waals surface area contributed by atoms with Gasteiger partial charge in [-0.15, -0.1) is 12.3 Å². The highest BCUT2D eigenvalue weighted by Gasteiger charge is 2.29. The number of terminal acetylenes is 1. The van der Waals surface area contributed by atoms with Crippen LogP contribution in [-0.4, -0.2) is 18.7 Å². The van der Waals surface area contributed by atoms with E-state index in [1.165, 1.54) is 22.3 Å². The van der Waals surface area contributed by atoms with Crippen LogP contribution in [0.15, 0.2) is 48.5 Å². The van der Waals surface area contributed by atoms with Crippen LogP contribution in [0.25, 0.3) is 11.1 Å². The molecule has 1 N–H and O–H groups in total. The van der Waals surface area contributed by atoms with E-state index in [0.717, 1.165) is 25.7 Å². The Morgan fingerprint density at radius 1 is 1.00 bits per heavy atom. The maximum Gasteiger partial charge on any atom is 0.407 e. The highest BCUT2D eigenvalue weighted by molar-refractivity contribution is 5.79. The minimum Gasteiger partial charge on any atom is -0.449 e. The fourth-order valence-corrected chi connectivity index (χ4v) is 4.21. The number of alkyl carbamates (subject to hydrolysis) is 1. The number of amides is 1. The number of rotatable bonds is 3. The molecule has 0 spiro atoms. The van der Waals surface area contributed by atoms with Gasteiger partial charge in [0.2, 0.25) is 0 Å². The summed E-state index contributed by atoms with van der Waals surface area (Å²) in [5.74, 6) is 3.27. The largest absolute Gasteiger partial charge is 0.449 e. The number of benzene rings is 2. The molecule has 2 aliphatic carbocycles. The highest BCUT2D eigenvalue weighted by atomic mass is 16.5. The molecular weight excluding hydrogens is 322 g/mol. The highest BCUT2D eigenvalue weighted by Crippen LogP contribution is 2.44. The minimum absolute atomic E-state index is 0.102. The van der Waals surface area contributed by atoms with Crippen LogP contribution in [0, 0.1) is 18.3 Å². The van der Waals surface area contributed by atoms with Crippen molar-refractivity contribution in [3.63, 3.8) is 0 Å². The van der Waals surface area contributed by atoms with E-state index in [2.05, 4.69) is 47.6 Å². The van der Waals surface area contributed by atoms with E-state index < -0.39 is 0 Å². The number of hydrogen-bond donors (Lipinski definition) is 1. The van der Waals surface area contributed by atoms with Crippen LogP contribution < -0.4 is 5.32 Å². The van der Waals surface area contributed by atoms with E-state index >= 15 is 0 Å². The zero-order valence-corrected chi connectivity index (χ0v) is 14.8. The predicted molar refractivity (Wildman–Crippen MR) is 103 cm³/mol. The first-order valence-electron chi connectivity index (χ1n) is 9.34. The standard InChI is InChI=1S/C23H23NO2/c1-2-16-11-13-17(14-12-16)24-23(25)26-15-22-20-9-5-3-7-18(20)19-8-4-6-10-21(19)22/h1,3-10,16-17,22H,11-15H2,(H,24,25). The third-order valence-corrected chi connectivity index (χ3v) is 5.63. The fraction of sp³-hybridized carbons (Fsp3) is 0.348. The molecule has 3 nitrogen and oxygen atoms in total. The zero-order chi connectivity index (χ0) is 17.9. The number of carbonyl (C=O) groups is 1. The molecule has 0 aliphatic heterocycles. The SMILES string of the molecule is C#CC1CCC(NC(=O)OCC2c3ccccc3-c3ccccc32)CC1. The smallest absolute Gasteiger partial charge is 0.407 e. The van der Waals surface area contributed by atoms with E-state index in [1.54, 1.807) is 0 Å². The molecule has 2 aliphatic rings. The van der Waals surface area contributed by atoms with Gasteiger partial charge in [-0.1, -0.05) is 48.5 Å². The van der Waals surface area contributed by atoms with E-state index in [-0.39, 0.29) is 18.1 Å². The Kier molecular flexibility index (Phi) is 4.67. The second-order valence-electron chi connectivity index (χ2n) is 7.19. The second-order valence-corrected chi connectivity index (χ2v) is 7.19. The van der Waals surface area contributed by atoms with Crippen LogP contribution in [-0.2, 0) is 4.74 Å². The van der Waals surface area contributed by atoms with Crippen molar-refractivity contribution < 1.29 is 9.53 Å². The average molecular weight is 345 g/mol. The molecule has 2 aromatic carbocycles. The van der Waals surface area contributed by atoms with E-state index in [0.29, 0.717) is 12.5 Å². The number of carbonyl (C=O) groups excluding carboxylic acids is 1. The van der Waals surface area contributed by atoms with Gasteiger partial charge >= 0.3 is 6.09 Å². The summed E-state index contributed by atoms with van der Waals surface area (Å²) in [5.41, 5.74) is 4.95. The summed E-state index contributed by atoms with van der Waals surface area (Å²) in [7, 11) is 0. The summed E-state index contributed by atoms with van der Waals surface area (Å²) in [6, 6.07) is 16.9. The Morgan fingerprint density at radius 2 is 1.58 bits per heavy atom. The summed E-state index contributed by atoms with van der Waals surface area (Å²) >= 11 is 0. The molecule has 0 radical (unpaired) electrons. The van der Waals surface area contributed by atoms with E-state index in [9.17, 15) is 4.79 Å². The molecule has 3 heteroatoms. The molecule has 0 heterocycles. The normalized spacial score (nSPS) is 21.3. The first-order chi connectivity index (χ1) is 12.8. The molecule has 0 bridgehead atoms. The summed E-state index contributed by atoms with van der Waals surface area (Å²) in [6.07, 6.45) is 8.97. The first kappa shape index (κ1) is 16.7. The number of fused-ring (bicyclic) bond motifs is 3. The molecule has 0 aromatic heterocycles. The van der Waals surface area contributed by atoms with Crippen LogP contribution in [0.3, 0.4) is 0 Å². The molecule has 2 aromatic rings. The maximum atomic E-state index is 12.3. The quantitative estimate of drug-likeness (QED) is 0.818. The Morgan fingerprint density at radius 3 is 2.15 bits per heavy atom. The summed E-state index contributed by atoms with van der Waals surface area (Å²) < 4.78 is 5.61. The van der Waals surface area contributed by atoms with Gasteiger partial charge in [-0.05, 0) is 47.9 Å². The van der Waals surface area contributed by atoms with Crippen molar-refractivity contribution in [3.05, 3.63) is 59.7 Å². The summed E-state index contributed by atoms with van der Waals surface area (Å²) in [5, 5.41) is 3.01. The predicted octanol–water partition coefficient (Wildman–Crippen LogP) is 4.72. The van der Waals surface area contributed by atoms with Crippen molar-refractivity contribution in [3.8, 4) is 23.5 Å². The topological polar surface area (TPSA) is 38.3 Å². The van der Waals surface area contributed by atoms with Crippen LogP contribution in [0.5, 0.6) is 0 Å².